The van der Waals surface area contributed by atoms with Crippen LogP contribution in [0.3, 0.4) is 0 Å². The van der Waals surface area contributed by atoms with E-state index < -0.39 is 0 Å². The number of aromatic nitrogens is 2. The minimum absolute atomic E-state index is 0.0699. The molecule has 3 heterocycles. The highest BCUT2D eigenvalue weighted by molar-refractivity contribution is 6.31. The Morgan fingerprint density at radius 3 is 2.56 bits per heavy atom. The second-order valence-electron chi connectivity index (χ2n) is 7.05. The zero-order chi connectivity index (χ0) is 18.3. The summed E-state index contributed by atoms with van der Waals surface area (Å²) in [6.45, 7) is 2.07. The molecule has 0 saturated carbocycles. The first-order valence-corrected chi connectivity index (χ1v) is 8.94. The molecule has 0 bridgehead atoms. The number of hydrogen-bond acceptors (Lipinski definition) is 2. The Kier molecular flexibility index (Phi) is 2.57. The molecule has 130 valence electrons. The lowest BCUT2D eigenvalue weighted by molar-refractivity contribution is 0.0942. The molecular weight excluding hydrogens is 338 g/mol. The molecule has 0 atom stereocenters. The third-order valence-electron chi connectivity index (χ3n) is 5.64. The number of rotatable bonds is 0. The molecule has 0 aliphatic carbocycles. The summed E-state index contributed by atoms with van der Waals surface area (Å²) < 4.78 is 1.73. The normalized spacial score (nSPS) is 13.7. The summed E-state index contributed by atoms with van der Waals surface area (Å²) in [7, 11) is 0. The van der Waals surface area contributed by atoms with Gasteiger partial charge in [0.1, 0.15) is 0 Å². The quantitative estimate of drug-likeness (QED) is 0.435. The monoisotopic (exact) mass is 353 g/mol. The molecule has 0 radical (unpaired) electrons. The topological polar surface area (TPSA) is 66.9 Å². The van der Waals surface area contributed by atoms with E-state index in [9.17, 15) is 9.59 Å². The van der Waals surface area contributed by atoms with Gasteiger partial charge in [0.25, 0.3) is 5.91 Å². The van der Waals surface area contributed by atoms with Crippen LogP contribution in [0.2, 0.25) is 0 Å². The summed E-state index contributed by atoms with van der Waals surface area (Å²) in [6, 6.07) is 15.9. The number of nitrogens with one attached hydrogen (secondary N) is 2. The molecule has 5 nitrogen and oxygen atoms in total. The average Bonchev–Trinajstić information content (AvgIpc) is 3.32. The molecule has 2 aromatic heterocycles. The maximum atomic E-state index is 12.8. The van der Waals surface area contributed by atoms with Crippen molar-refractivity contribution in [3.63, 3.8) is 0 Å². The molecule has 1 aliphatic rings. The number of fused-ring (bicyclic) bond motifs is 10. The van der Waals surface area contributed by atoms with Crippen molar-refractivity contribution >= 4 is 55.4 Å². The molecule has 27 heavy (non-hydrogen) atoms. The predicted octanol–water partition coefficient (Wildman–Crippen LogP) is 4.33. The molecule has 1 amide bonds. The first-order valence-electron chi connectivity index (χ1n) is 8.94. The number of para-hydroxylation sites is 2. The highest BCUT2D eigenvalue weighted by Gasteiger charge is 2.31. The van der Waals surface area contributed by atoms with Crippen LogP contribution in [0, 0.1) is 0 Å². The largest absolute Gasteiger partial charge is 0.353 e. The molecule has 3 aromatic carbocycles. The van der Waals surface area contributed by atoms with Crippen molar-refractivity contribution in [2.45, 2.75) is 13.5 Å². The van der Waals surface area contributed by atoms with E-state index in [1.165, 1.54) is 0 Å². The fraction of sp³-hybridized carbons (Fsp3) is 0.0909. The van der Waals surface area contributed by atoms with E-state index in [4.69, 9.17) is 0 Å². The van der Waals surface area contributed by atoms with Crippen LogP contribution in [0.5, 0.6) is 0 Å². The first kappa shape index (κ1) is 14.6. The number of H-pyrrole nitrogens is 1. The van der Waals surface area contributed by atoms with Crippen molar-refractivity contribution in [2.24, 2.45) is 0 Å². The Hall–Kier alpha value is -3.60. The van der Waals surface area contributed by atoms with Gasteiger partial charge in [-0.15, -0.1) is 0 Å². The van der Waals surface area contributed by atoms with Crippen LogP contribution < -0.4 is 5.32 Å². The van der Waals surface area contributed by atoms with Crippen molar-refractivity contribution in [3.05, 3.63) is 59.7 Å². The van der Waals surface area contributed by atoms with Gasteiger partial charge < -0.3 is 10.3 Å². The maximum absolute atomic E-state index is 12.8. The van der Waals surface area contributed by atoms with Gasteiger partial charge in [0.05, 0.1) is 22.1 Å². The molecule has 5 aromatic rings. The molecule has 0 fully saturated rings. The van der Waals surface area contributed by atoms with Crippen molar-refractivity contribution in [1.29, 1.82) is 0 Å². The van der Waals surface area contributed by atoms with E-state index in [0.717, 1.165) is 49.2 Å². The highest BCUT2D eigenvalue weighted by atomic mass is 16.2. The fourth-order valence-corrected chi connectivity index (χ4v) is 4.65. The molecule has 0 spiro atoms. The number of carbonyl (C=O) groups is 2. The number of aromatic amines is 1. The summed E-state index contributed by atoms with van der Waals surface area (Å²) in [5.74, 6) is -0.145. The molecule has 0 unspecified atom stereocenters. The maximum Gasteiger partial charge on any atom is 0.252 e. The van der Waals surface area contributed by atoms with Crippen molar-refractivity contribution < 1.29 is 9.59 Å². The molecule has 5 heteroatoms. The lowest BCUT2D eigenvalue weighted by atomic mass is 9.97. The van der Waals surface area contributed by atoms with Crippen LogP contribution in [0.4, 0.5) is 0 Å². The molecule has 2 N–H and O–H groups in total. The van der Waals surface area contributed by atoms with Gasteiger partial charge in [-0.25, -0.2) is 0 Å². The predicted molar refractivity (Wildman–Crippen MR) is 106 cm³/mol. The summed E-state index contributed by atoms with van der Waals surface area (Å²) in [6.07, 6.45) is 0. The van der Waals surface area contributed by atoms with Gasteiger partial charge in [-0.2, -0.15) is 0 Å². The number of nitrogens with zero attached hydrogens (tertiary/aromatic N) is 1. The average molecular weight is 353 g/mol. The van der Waals surface area contributed by atoms with E-state index in [1.54, 1.807) is 11.5 Å². The van der Waals surface area contributed by atoms with Crippen LogP contribution in [0.1, 0.15) is 27.6 Å². The van der Waals surface area contributed by atoms with Gasteiger partial charge in [0.2, 0.25) is 5.91 Å². The number of benzene rings is 3. The number of carbonyl (C=O) groups excluding carboxylic acids is 2. The van der Waals surface area contributed by atoms with E-state index in [1.807, 2.05) is 42.5 Å². The van der Waals surface area contributed by atoms with Gasteiger partial charge in [0, 0.05) is 40.5 Å². The van der Waals surface area contributed by atoms with E-state index in [0.29, 0.717) is 12.1 Å². The van der Waals surface area contributed by atoms with E-state index in [2.05, 4.69) is 16.4 Å². The molecular formula is C22H15N3O2. The van der Waals surface area contributed by atoms with Crippen LogP contribution in [0.25, 0.3) is 43.6 Å². The Labute approximate surface area is 153 Å². The highest BCUT2D eigenvalue weighted by Crippen LogP contribution is 2.43. The SMILES string of the molecule is CC(=O)n1c2ccccc2c2c3c(c4c5ccccc5[nH]c4c21)CNC3=O. The smallest absolute Gasteiger partial charge is 0.252 e. The minimum Gasteiger partial charge on any atom is -0.353 e. The van der Waals surface area contributed by atoms with Crippen molar-refractivity contribution in [3.8, 4) is 0 Å². The van der Waals surface area contributed by atoms with Crippen molar-refractivity contribution in [1.82, 2.24) is 14.9 Å². The second-order valence-corrected chi connectivity index (χ2v) is 7.05. The number of hydrogen-bond donors (Lipinski definition) is 2. The standard InChI is InChI=1S/C22H15N3O2/c1-11(26)25-16-9-5-3-7-13(16)18-19-14(10-23-22(19)27)17-12-6-2-4-8-15(12)24-20(17)21(18)25/h2-9,24H,10H2,1H3,(H,23,27). The zero-order valence-corrected chi connectivity index (χ0v) is 14.6. The summed E-state index contributed by atoms with van der Waals surface area (Å²) in [4.78, 5) is 28.9. The lowest BCUT2D eigenvalue weighted by Crippen LogP contribution is -2.12. The Balaban J connectivity index is 2.05. The van der Waals surface area contributed by atoms with Crippen LogP contribution in [-0.4, -0.2) is 21.4 Å². The zero-order valence-electron chi connectivity index (χ0n) is 14.6. The minimum atomic E-state index is -0.0753. The van der Waals surface area contributed by atoms with E-state index >= 15 is 0 Å². The van der Waals surface area contributed by atoms with Gasteiger partial charge in [-0.3, -0.25) is 14.2 Å². The third-order valence-corrected chi connectivity index (χ3v) is 5.64. The molecule has 1 aliphatic heterocycles. The van der Waals surface area contributed by atoms with E-state index in [-0.39, 0.29) is 11.8 Å². The van der Waals surface area contributed by atoms with Crippen molar-refractivity contribution in [2.75, 3.05) is 0 Å². The Bertz CT molecular complexity index is 1470. The van der Waals surface area contributed by atoms with Gasteiger partial charge in [0.15, 0.2) is 0 Å². The third kappa shape index (κ3) is 1.64. The van der Waals surface area contributed by atoms with Gasteiger partial charge >= 0.3 is 0 Å². The second kappa shape index (κ2) is 4.76. The Morgan fingerprint density at radius 1 is 1.00 bits per heavy atom. The van der Waals surface area contributed by atoms with Gasteiger partial charge in [-0.1, -0.05) is 36.4 Å². The summed E-state index contributed by atoms with van der Waals surface area (Å²) >= 11 is 0. The van der Waals surface area contributed by atoms with Crippen LogP contribution >= 0.6 is 0 Å². The van der Waals surface area contributed by atoms with Gasteiger partial charge in [-0.05, 0) is 17.7 Å². The fourth-order valence-electron chi connectivity index (χ4n) is 4.65. The number of amides is 1. The summed E-state index contributed by atoms with van der Waals surface area (Å²) in [5, 5.41) is 6.86. The van der Waals surface area contributed by atoms with Crippen LogP contribution in [-0.2, 0) is 6.54 Å². The van der Waals surface area contributed by atoms with Crippen LogP contribution in [0.15, 0.2) is 48.5 Å². The molecule has 0 saturated heterocycles. The lowest BCUT2D eigenvalue weighted by Gasteiger charge is -2.06. The molecule has 6 rings (SSSR count). The first-order chi connectivity index (χ1) is 13.2. The summed E-state index contributed by atoms with van der Waals surface area (Å²) in [5.41, 5.74) is 5.22. The Morgan fingerprint density at radius 2 is 1.74 bits per heavy atom.